The average Bonchev–Trinajstić information content (AvgIpc) is 3.51. The molecule has 1 unspecified atom stereocenters. The third-order valence-corrected chi connectivity index (χ3v) is 7.58. The van der Waals surface area contributed by atoms with E-state index in [-0.39, 0.29) is 28.9 Å². The van der Waals surface area contributed by atoms with Crippen LogP contribution in [-0.4, -0.2) is 61.8 Å². The Morgan fingerprint density at radius 3 is 2.28 bits per heavy atom. The summed E-state index contributed by atoms with van der Waals surface area (Å²) in [6.45, 7) is 2.62. The van der Waals surface area contributed by atoms with Crippen LogP contribution in [-0.2, 0) is 21.0 Å². The van der Waals surface area contributed by atoms with Crippen molar-refractivity contribution >= 4 is 15.9 Å². The van der Waals surface area contributed by atoms with Crippen LogP contribution in [0.5, 0.6) is 0 Å². The van der Waals surface area contributed by atoms with E-state index < -0.39 is 21.8 Å². The molecule has 1 aliphatic heterocycles. The predicted octanol–water partition coefficient (Wildman–Crippen LogP) is 2.46. The molecule has 3 rings (SSSR count). The topological polar surface area (TPSA) is 69.7 Å². The predicted molar refractivity (Wildman–Crippen MR) is 102 cm³/mol. The van der Waals surface area contributed by atoms with Gasteiger partial charge < -0.3 is 10.2 Å². The molecule has 6 nitrogen and oxygen atoms in total. The number of sulfonamides is 1. The Labute approximate surface area is 169 Å². The number of amides is 1. The van der Waals surface area contributed by atoms with E-state index in [1.54, 1.807) is 18.9 Å². The summed E-state index contributed by atoms with van der Waals surface area (Å²) in [5.74, 6) is -0.0374. The van der Waals surface area contributed by atoms with Crippen molar-refractivity contribution in [3.8, 4) is 0 Å². The van der Waals surface area contributed by atoms with E-state index in [9.17, 15) is 26.4 Å². The summed E-state index contributed by atoms with van der Waals surface area (Å²) in [7, 11) is -2.36. The molecule has 0 aromatic heterocycles. The second-order valence-electron chi connectivity index (χ2n) is 7.66. The van der Waals surface area contributed by atoms with Crippen molar-refractivity contribution in [3.63, 3.8) is 0 Å². The van der Waals surface area contributed by atoms with E-state index in [1.165, 1.54) is 10.4 Å². The first kappa shape index (κ1) is 22.0. The molecule has 0 radical (unpaired) electrons. The Balaban J connectivity index is 1.80. The summed E-state index contributed by atoms with van der Waals surface area (Å²) in [4.78, 5) is 13.7. The van der Waals surface area contributed by atoms with Gasteiger partial charge in [0.1, 0.15) is 0 Å². The van der Waals surface area contributed by atoms with Gasteiger partial charge in [-0.3, -0.25) is 4.79 Å². The Morgan fingerprint density at radius 1 is 1.17 bits per heavy atom. The Kier molecular flexibility index (Phi) is 6.26. The lowest BCUT2D eigenvalue weighted by molar-refractivity contribution is -0.137. The number of piperidine rings is 1. The Morgan fingerprint density at radius 2 is 1.76 bits per heavy atom. The van der Waals surface area contributed by atoms with Gasteiger partial charge in [-0.25, -0.2) is 8.42 Å². The van der Waals surface area contributed by atoms with Crippen molar-refractivity contribution < 1.29 is 26.4 Å². The second kappa shape index (κ2) is 8.23. The lowest BCUT2D eigenvalue weighted by Gasteiger charge is -2.38. The van der Waals surface area contributed by atoms with Crippen molar-refractivity contribution in [2.24, 2.45) is 0 Å². The van der Waals surface area contributed by atoms with Crippen molar-refractivity contribution in [1.29, 1.82) is 0 Å². The number of rotatable bonds is 6. The molecule has 162 valence electrons. The number of nitrogens with one attached hydrogen (secondary N) is 1. The fraction of sp³-hybridized carbons (Fsp3) is 0.632. The van der Waals surface area contributed by atoms with E-state index in [4.69, 9.17) is 0 Å². The van der Waals surface area contributed by atoms with Crippen LogP contribution in [0.15, 0.2) is 29.2 Å². The summed E-state index contributed by atoms with van der Waals surface area (Å²) in [6, 6.07) is 3.09. The molecule has 1 aromatic carbocycles. The average molecular weight is 433 g/mol. The minimum absolute atomic E-state index is 0.0374. The van der Waals surface area contributed by atoms with Crippen molar-refractivity contribution in [1.82, 2.24) is 14.5 Å². The van der Waals surface area contributed by atoms with Gasteiger partial charge in [0.15, 0.2) is 0 Å². The van der Waals surface area contributed by atoms with Crippen LogP contribution in [0.2, 0.25) is 0 Å². The van der Waals surface area contributed by atoms with Crippen molar-refractivity contribution in [3.05, 3.63) is 29.8 Å². The quantitative estimate of drug-likeness (QED) is 0.748. The molecule has 1 aliphatic carbocycles. The third kappa shape index (κ3) is 4.75. The lowest BCUT2D eigenvalue weighted by atomic mass is 10.0. The van der Waals surface area contributed by atoms with Crippen LogP contribution in [0.3, 0.4) is 0 Å². The van der Waals surface area contributed by atoms with E-state index in [1.807, 2.05) is 0 Å². The molecule has 1 aromatic rings. The number of alkyl halides is 3. The van der Waals surface area contributed by atoms with Crippen LogP contribution in [0.4, 0.5) is 13.2 Å². The fourth-order valence-electron chi connectivity index (χ4n) is 3.71. The largest absolute Gasteiger partial charge is 0.416 e. The molecule has 10 heteroatoms. The highest BCUT2D eigenvalue weighted by molar-refractivity contribution is 7.89. The Hall–Kier alpha value is -1.65. The number of carbonyl (C=O) groups is 1. The maximum atomic E-state index is 13.2. The van der Waals surface area contributed by atoms with Gasteiger partial charge in [0.25, 0.3) is 0 Å². The summed E-state index contributed by atoms with van der Waals surface area (Å²) in [5.41, 5.74) is -0.976. The first-order chi connectivity index (χ1) is 13.6. The molecule has 0 spiro atoms. The van der Waals surface area contributed by atoms with Gasteiger partial charge in [0.05, 0.1) is 16.5 Å². The SMILES string of the molecule is CNC(C)C(=O)N1CCC(N(C2CC2)S(=O)(=O)c2cccc(C(F)(F)F)c2)CC1. The third-order valence-electron chi connectivity index (χ3n) is 5.58. The number of benzene rings is 1. The second-order valence-corrected chi connectivity index (χ2v) is 9.50. The highest BCUT2D eigenvalue weighted by Gasteiger charge is 2.44. The van der Waals surface area contributed by atoms with Gasteiger partial charge in [0, 0.05) is 25.2 Å². The molecular weight excluding hydrogens is 407 g/mol. The molecular formula is C19H26F3N3O3S. The van der Waals surface area contributed by atoms with Gasteiger partial charge in [0.2, 0.25) is 15.9 Å². The van der Waals surface area contributed by atoms with Crippen LogP contribution >= 0.6 is 0 Å². The highest BCUT2D eigenvalue weighted by atomic mass is 32.2. The van der Waals surface area contributed by atoms with Gasteiger partial charge in [-0.15, -0.1) is 0 Å². The van der Waals surface area contributed by atoms with Crippen LogP contribution in [0, 0.1) is 0 Å². The molecule has 2 fully saturated rings. The zero-order chi connectivity index (χ0) is 21.4. The van der Waals surface area contributed by atoms with E-state index in [0.29, 0.717) is 44.8 Å². The normalized spacial score (nSPS) is 20.1. The molecule has 1 saturated heterocycles. The summed E-state index contributed by atoms with van der Waals surface area (Å²) in [6.07, 6.45) is -2.26. The summed E-state index contributed by atoms with van der Waals surface area (Å²) in [5, 5.41) is 2.90. The first-order valence-corrected chi connectivity index (χ1v) is 11.2. The first-order valence-electron chi connectivity index (χ1n) is 9.72. The number of carbonyl (C=O) groups excluding carboxylic acids is 1. The monoisotopic (exact) mass is 433 g/mol. The number of hydrogen-bond acceptors (Lipinski definition) is 4. The van der Waals surface area contributed by atoms with Crippen molar-refractivity contribution in [2.75, 3.05) is 20.1 Å². The van der Waals surface area contributed by atoms with Gasteiger partial charge in [-0.1, -0.05) is 6.07 Å². The molecule has 0 bridgehead atoms. The van der Waals surface area contributed by atoms with Gasteiger partial charge in [-0.2, -0.15) is 17.5 Å². The standard InChI is InChI=1S/C19H26F3N3O3S/c1-13(23-2)18(26)24-10-8-16(9-11-24)25(15-6-7-15)29(27,28)17-5-3-4-14(12-17)19(20,21)22/h3-5,12-13,15-16,23H,6-11H2,1-2H3. The number of nitrogens with zero attached hydrogens (tertiary/aromatic N) is 2. The van der Waals surface area contributed by atoms with Gasteiger partial charge >= 0.3 is 6.18 Å². The van der Waals surface area contributed by atoms with Gasteiger partial charge in [-0.05, 0) is 57.9 Å². The molecule has 1 atom stereocenters. The van der Waals surface area contributed by atoms with E-state index >= 15 is 0 Å². The molecule has 2 aliphatic rings. The lowest BCUT2D eigenvalue weighted by Crippen LogP contribution is -2.52. The molecule has 1 N–H and O–H groups in total. The number of hydrogen-bond donors (Lipinski definition) is 1. The maximum absolute atomic E-state index is 13.2. The summed E-state index contributed by atoms with van der Waals surface area (Å²) < 4.78 is 67.0. The van der Waals surface area contributed by atoms with Crippen LogP contribution < -0.4 is 5.32 Å². The number of likely N-dealkylation sites (tertiary alicyclic amines) is 1. The number of likely N-dealkylation sites (N-methyl/N-ethyl adjacent to an activating group) is 1. The highest BCUT2D eigenvalue weighted by Crippen LogP contribution is 2.38. The van der Waals surface area contributed by atoms with Crippen LogP contribution in [0.1, 0.15) is 38.2 Å². The zero-order valence-corrected chi connectivity index (χ0v) is 17.3. The molecule has 1 amide bonds. The molecule has 1 saturated carbocycles. The van der Waals surface area contributed by atoms with E-state index in [0.717, 1.165) is 12.1 Å². The summed E-state index contributed by atoms with van der Waals surface area (Å²) >= 11 is 0. The maximum Gasteiger partial charge on any atom is 0.416 e. The van der Waals surface area contributed by atoms with E-state index in [2.05, 4.69) is 5.32 Å². The van der Waals surface area contributed by atoms with Crippen LogP contribution in [0.25, 0.3) is 0 Å². The zero-order valence-electron chi connectivity index (χ0n) is 16.4. The van der Waals surface area contributed by atoms with Crippen molar-refractivity contribution in [2.45, 2.75) is 61.8 Å². The molecule has 29 heavy (non-hydrogen) atoms. The smallest absolute Gasteiger partial charge is 0.341 e. The Bertz CT molecular complexity index is 848. The molecule has 1 heterocycles. The fourth-order valence-corrected chi connectivity index (χ4v) is 5.69. The number of halogens is 3. The minimum Gasteiger partial charge on any atom is -0.341 e. The minimum atomic E-state index is -4.61.